The number of rotatable bonds is 1. The van der Waals surface area contributed by atoms with Crippen LogP contribution in [0, 0.1) is 18.3 Å². The second kappa shape index (κ2) is 3.00. The average molecular weight is 201 g/mol. The molecule has 1 atom stereocenters. The third-order valence-corrected chi connectivity index (χ3v) is 4.55. The van der Waals surface area contributed by atoms with Gasteiger partial charge in [-0.15, -0.1) is 6.42 Å². The number of terminal acetylenes is 1. The van der Waals surface area contributed by atoms with E-state index in [1.807, 2.05) is 6.92 Å². The average Bonchev–Trinajstić information content (AvgIpc) is 2.25. The van der Waals surface area contributed by atoms with Crippen LogP contribution in [0.25, 0.3) is 0 Å². The van der Waals surface area contributed by atoms with E-state index in [-0.39, 0.29) is 11.7 Å². The molecule has 1 unspecified atom stereocenters. The van der Waals surface area contributed by atoms with Crippen LogP contribution in [0.1, 0.15) is 20.8 Å². The number of hydrogen-bond donors (Lipinski definition) is 0. The van der Waals surface area contributed by atoms with Crippen LogP contribution >= 0.6 is 0 Å². The van der Waals surface area contributed by atoms with E-state index in [0.29, 0.717) is 6.54 Å². The van der Waals surface area contributed by atoms with E-state index in [2.05, 4.69) is 5.92 Å². The Labute approximate surface area is 80.2 Å². The van der Waals surface area contributed by atoms with Gasteiger partial charge in [0.2, 0.25) is 10.0 Å². The van der Waals surface area contributed by atoms with Gasteiger partial charge >= 0.3 is 0 Å². The van der Waals surface area contributed by atoms with Gasteiger partial charge in [-0.3, -0.25) is 0 Å². The second-order valence-electron chi connectivity index (χ2n) is 4.12. The summed E-state index contributed by atoms with van der Waals surface area (Å²) in [7, 11) is -3.12. The lowest BCUT2D eigenvalue weighted by Gasteiger charge is -2.28. The molecule has 0 saturated carbocycles. The molecule has 1 saturated heterocycles. The first-order valence-electron chi connectivity index (χ1n) is 4.28. The quantitative estimate of drug-likeness (QED) is 0.585. The van der Waals surface area contributed by atoms with Crippen molar-refractivity contribution < 1.29 is 8.42 Å². The van der Waals surface area contributed by atoms with Crippen molar-refractivity contribution in [2.24, 2.45) is 5.92 Å². The summed E-state index contributed by atoms with van der Waals surface area (Å²) in [5.41, 5.74) is -0.691. The molecule has 4 heteroatoms. The van der Waals surface area contributed by atoms with Crippen LogP contribution < -0.4 is 0 Å². The summed E-state index contributed by atoms with van der Waals surface area (Å²) < 4.78 is 24.6. The normalized spacial score (nSPS) is 28.6. The molecule has 13 heavy (non-hydrogen) atoms. The molecule has 1 aliphatic heterocycles. The van der Waals surface area contributed by atoms with Crippen molar-refractivity contribution in [3.05, 3.63) is 0 Å². The van der Waals surface area contributed by atoms with E-state index in [1.54, 1.807) is 13.8 Å². The third kappa shape index (κ3) is 1.87. The molecular weight excluding hydrogens is 186 g/mol. The molecule has 1 rings (SSSR count). The van der Waals surface area contributed by atoms with E-state index in [1.165, 1.54) is 4.31 Å². The van der Waals surface area contributed by atoms with Crippen LogP contribution in [-0.2, 0) is 10.0 Å². The topological polar surface area (TPSA) is 37.4 Å². The first kappa shape index (κ1) is 10.6. The van der Waals surface area contributed by atoms with Crippen molar-refractivity contribution in [2.75, 3.05) is 12.3 Å². The highest BCUT2D eigenvalue weighted by Gasteiger charge is 2.41. The fourth-order valence-electron chi connectivity index (χ4n) is 1.55. The minimum absolute atomic E-state index is 0.178. The van der Waals surface area contributed by atoms with Crippen molar-refractivity contribution in [2.45, 2.75) is 26.3 Å². The van der Waals surface area contributed by atoms with E-state index in [9.17, 15) is 8.42 Å². The standard InChI is InChI=1S/C9H15NO2S/c1-5-9(3,4)10-6-8(2)7-13(10,11)12/h1,8H,6-7H2,2-4H3. The van der Waals surface area contributed by atoms with Crippen molar-refractivity contribution in [1.29, 1.82) is 0 Å². The predicted molar refractivity (Wildman–Crippen MR) is 52.6 cm³/mol. The maximum atomic E-state index is 11.6. The Hall–Kier alpha value is -0.530. The van der Waals surface area contributed by atoms with Gasteiger partial charge in [-0.05, 0) is 19.8 Å². The summed E-state index contributed by atoms with van der Waals surface area (Å²) in [5, 5.41) is 0. The largest absolute Gasteiger partial charge is 0.215 e. The Bertz CT molecular complexity index is 337. The Morgan fingerprint density at radius 3 is 2.38 bits per heavy atom. The van der Waals surface area contributed by atoms with Gasteiger partial charge in [0.1, 0.15) is 0 Å². The Morgan fingerprint density at radius 2 is 2.08 bits per heavy atom. The molecule has 0 spiro atoms. The molecule has 74 valence electrons. The number of hydrogen-bond acceptors (Lipinski definition) is 2. The molecule has 1 heterocycles. The lowest BCUT2D eigenvalue weighted by Crippen LogP contribution is -2.43. The van der Waals surface area contributed by atoms with Gasteiger partial charge < -0.3 is 0 Å². The van der Waals surface area contributed by atoms with E-state index < -0.39 is 15.6 Å². The Morgan fingerprint density at radius 1 is 1.54 bits per heavy atom. The molecule has 0 aromatic rings. The highest BCUT2D eigenvalue weighted by Crippen LogP contribution is 2.27. The Balaban J connectivity index is 3.03. The minimum atomic E-state index is -3.12. The highest BCUT2D eigenvalue weighted by atomic mass is 32.2. The number of nitrogens with zero attached hydrogens (tertiary/aromatic N) is 1. The molecule has 0 amide bonds. The van der Waals surface area contributed by atoms with Crippen LogP contribution in [-0.4, -0.2) is 30.6 Å². The van der Waals surface area contributed by atoms with Crippen LogP contribution in [0.4, 0.5) is 0 Å². The molecule has 1 fully saturated rings. The molecular formula is C9H15NO2S. The zero-order chi connectivity index (χ0) is 10.3. The third-order valence-electron chi connectivity index (χ3n) is 2.29. The Kier molecular flexibility index (Phi) is 2.44. The summed E-state index contributed by atoms with van der Waals surface area (Å²) in [6.07, 6.45) is 5.30. The summed E-state index contributed by atoms with van der Waals surface area (Å²) in [6, 6.07) is 0. The minimum Gasteiger partial charge on any atom is -0.212 e. The summed E-state index contributed by atoms with van der Waals surface area (Å²) in [4.78, 5) is 0. The van der Waals surface area contributed by atoms with E-state index in [4.69, 9.17) is 6.42 Å². The zero-order valence-electron chi connectivity index (χ0n) is 8.24. The van der Waals surface area contributed by atoms with Gasteiger partial charge in [0, 0.05) is 6.54 Å². The smallest absolute Gasteiger partial charge is 0.212 e. The molecule has 0 aliphatic carbocycles. The zero-order valence-corrected chi connectivity index (χ0v) is 9.06. The monoisotopic (exact) mass is 201 g/mol. The summed E-state index contributed by atoms with van der Waals surface area (Å²) in [6.45, 7) is 5.97. The molecule has 0 N–H and O–H groups in total. The maximum Gasteiger partial charge on any atom is 0.215 e. The van der Waals surface area contributed by atoms with Crippen molar-refractivity contribution in [3.8, 4) is 12.3 Å². The molecule has 0 radical (unpaired) electrons. The molecule has 0 aromatic heterocycles. The van der Waals surface area contributed by atoms with Crippen LogP contribution in [0.5, 0.6) is 0 Å². The second-order valence-corrected chi connectivity index (χ2v) is 6.06. The van der Waals surface area contributed by atoms with E-state index >= 15 is 0 Å². The molecule has 0 aromatic carbocycles. The predicted octanol–water partition coefficient (Wildman–Crippen LogP) is 0.680. The molecule has 3 nitrogen and oxygen atoms in total. The fourth-order valence-corrected chi connectivity index (χ4v) is 3.78. The van der Waals surface area contributed by atoms with Gasteiger partial charge in [0.15, 0.2) is 0 Å². The summed E-state index contributed by atoms with van der Waals surface area (Å²) >= 11 is 0. The van der Waals surface area contributed by atoms with Crippen LogP contribution in [0.15, 0.2) is 0 Å². The van der Waals surface area contributed by atoms with E-state index in [0.717, 1.165) is 0 Å². The van der Waals surface area contributed by atoms with Crippen molar-refractivity contribution >= 4 is 10.0 Å². The number of sulfonamides is 1. The fraction of sp³-hybridized carbons (Fsp3) is 0.778. The van der Waals surface area contributed by atoms with Crippen molar-refractivity contribution in [1.82, 2.24) is 4.31 Å². The van der Waals surface area contributed by atoms with Gasteiger partial charge in [0.25, 0.3) is 0 Å². The summed E-state index contributed by atoms with van der Waals surface area (Å²) in [5.74, 6) is 2.90. The van der Waals surface area contributed by atoms with Gasteiger partial charge in [-0.2, -0.15) is 4.31 Å². The first-order chi connectivity index (χ1) is 5.79. The molecule has 1 aliphatic rings. The van der Waals surface area contributed by atoms with Gasteiger partial charge in [-0.25, -0.2) is 8.42 Å². The van der Waals surface area contributed by atoms with Crippen LogP contribution in [0.3, 0.4) is 0 Å². The van der Waals surface area contributed by atoms with Crippen LogP contribution in [0.2, 0.25) is 0 Å². The highest BCUT2D eigenvalue weighted by molar-refractivity contribution is 7.89. The lowest BCUT2D eigenvalue weighted by atomic mass is 10.1. The lowest BCUT2D eigenvalue weighted by molar-refractivity contribution is 0.294. The van der Waals surface area contributed by atoms with Gasteiger partial charge in [0.05, 0.1) is 11.3 Å². The maximum absolute atomic E-state index is 11.6. The SMILES string of the molecule is C#CC(C)(C)N1CC(C)CS1(=O)=O. The van der Waals surface area contributed by atoms with Crippen molar-refractivity contribution in [3.63, 3.8) is 0 Å². The van der Waals surface area contributed by atoms with Gasteiger partial charge in [-0.1, -0.05) is 12.8 Å². The first-order valence-corrected chi connectivity index (χ1v) is 5.89. The molecule has 0 bridgehead atoms.